The first-order valence-electron chi connectivity index (χ1n) is 6.66. The maximum atomic E-state index is 10.5. The highest BCUT2D eigenvalue weighted by Crippen LogP contribution is 2.19. The molecular weight excluding hydrogens is 252 g/mol. The minimum atomic E-state index is -0.938. The van der Waals surface area contributed by atoms with Gasteiger partial charge in [-0.25, -0.2) is 9.78 Å². The van der Waals surface area contributed by atoms with Crippen molar-refractivity contribution in [1.29, 1.82) is 0 Å². The number of rotatable bonds is 5. The van der Waals surface area contributed by atoms with Crippen molar-refractivity contribution in [2.45, 2.75) is 26.7 Å². The third kappa shape index (κ3) is 3.15. The Labute approximate surface area is 118 Å². The van der Waals surface area contributed by atoms with E-state index >= 15 is 0 Å². The molecule has 2 aromatic rings. The quantitative estimate of drug-likeness (QED) is 0.849. The number of hydrogen-bond donors (Lipinski definition) is 1. The highest BCUT2D eigenvalue weighted by molar-refractivity contribution is 5.85. The fourth-order valence-electron chi connectivity index (χ4n) is 2.18. The highest BCUT2D eigenvalue weighted by Gasteiger charge is 2.06. The zero-order valence-corrected chi connectivity index (χ0v) is 11.7. The Kier molecular flexibility index (Phi) is 4.35. The van der Waals surface area contributed by atoms with Crippen molar-refractivity contribution >= 4 is 12.0 Å². The molecule has 104 valence electrons. The van der Waals surface area contributed by atoms with Crippen LogP contribution < -0.4 is 0 Å². The number of aromatic nitrogens is 2. The second-order valence-electron chi connectivity index (χ2n) is 4.68. The standard InChI is InChI=1S/C16H18N2O2/c1-3-4-15-17-9-10-18(15)14-7-5-13(11-12(14)2)6-8-16(19)20/h5-11H,3-4H2,1-2H3,(H,19,20). The topological polar surface area (TPSA) is 55.1 Å². The van der Waals surface area contributed by atoms with Crippen LogP contribution in [0.5, 0.6) is 0 Å². The van der Waals surface area contributed by atoms with E-state index < -0.39 is 5.97 Å². The van der Waals surface area contributed by atoms with Gasteiger partial charge in [0.1, 0.15) is 5.82 Å². The Bertz CT molecular complexity index is 642. The number of aryl methyl sites for hydroxylation is 2. The van der Waals surface area contributed by atoms with Crippen molar-refractivity contribution in [1.82, 2.24) is 9.55 Å². The Morgan fingerprint density at radius 1 is 1.45 bits per heavy atom. The molecule has 0 spiro atoms. The van der Waals surface area contributed by atoms with Gasteiger partial charge in [0.15, 0.2) is 0 Å². The molecule has 20 heavy (non-hydrogen) atoms. The molecule has 0 saturated carbocycles. The second-order valence-corrected chi connectivity index (χ2v) is 4.68. The monoisotopic (exact) mass is 270 g/mol. The average molecular weight is 270 g/mol. The molecule has 1 aromatic carbocycles. The number of carboxylic acids is 1. The predicted molar refractivity (Wildman–Crippen MR) is 79.0 cm³/mol. The van der Waals surface area contributed by atoms with Gasteiger partial charge in [0.2, 0.25) is 0 Å². The van der Waals surface area contributed by atoms with E-state index in [9.17, 15) is 4.79 Å². The van der Waals surface area contributed by atoms with E-state index in [4.69, 9.17) is 5.11 Å². The smallest absolute Gasteiger partial charge is 0.328 e. The summed E-state index contributed by atoms with van der Waals surface area (Å²) < 4.78 is 2.09. The van der Waals surface area contributed by atoms with E-state index in [1.54, 1.807) is 6.08 Å². The molecule has 0 unspecified atom stereocenters. The van der Waals surface area contributed by atoms with Gasteiger partial charge in [-0.3, -0.25) is 0 Å². The summed E-state index contributed by atoms with van der Waals surface area (Å²) in [6, 6.07) is 5.89. The molecule has 1 heterocycles. The molecule has 0 amide bonds. The van der Waals surface area contributed by atoms with Crippen LogP contribution in [0.15, 0.2) is 36.7 Å². The minimum Gasteiger partial charge on any atom is -0.478 e. The van der Waals surface area contributed by atoms with Crippen LogP contribution in [0.1, 0.15) is 30.3 Å². The summed E-state index contributed by atoms with van der Waals surface area (Å²) in [5.74, 6) is 0.107. The summed E-state index contributed by atoms with van der Waals surface area (Å²) in [6.07, 6.45) is 8.50. The van der Waals surface area contributed by atoms with Gasteiger partial charge < -0.3 is 9.67 Å². The summed E-state index contributed by atoms with van der Waals surface area (Å²) in [7, 11) is 0. The van der Waals surface area contributed by atoms with Crippen LogP contribution in [0.25, 0.3) is 11.8 Å². The van der Waals surface area contributed by atoms with E-state index in [1.165, 1.54) is 0 Å². The molecule has 0 aliphatic heterocycles. The molecule has 0 aliphatic rings. The van der Waals surface area contributed by atoms with Crippen molar-refractivity contribution in [2.75, 3.05) is 0 Å². The van der Waals surface area contributed by atoms with Crippen molar-refractivity contribution in [3.05, 3.63) is 53.6 Å². The minimum absolute atomic E-state index is 0.880. The van der Waals surface area contributed by atoms with Crippen LogP contribution in [0.3, 0.4) is 0 Å². The lowest BCUT2D eigenvalue weighted by molar-refractivity contribution is -0.131. The zero-order chi connectivity index (χ0) is 14.5. The third-order valence-corrected chi connectivity index (χ3v) is 3.09. The Balaban J connectivity index is 2.34. The Morgan fingerprint density at radius 3 is 2.90 bits per heavy atom. The molecule has 0 radical (unpaired) electrons. The molecule has 0 atom stereocenters. The largest absolute Gasteiger partial charge is 0.478 e. The maximum Gasteiger partial charge on any atom is 0.328 e. The van der Waals surface area contributed by atoms with Gasteiger partial charge in [-0.2, -0.15) is 0 Å². The predicted octanol–water partition coefficient (Wildman–Crippen LogP) is 3.23. The fraction of sp³-hybridized carbons (Fsp3) is 0.250. The summed E-state index contributed by atoms with van der Waals surface area (Å²) in [5.41, 5.74) is 3.05. The molecule has 4 nitrogen and oxygen atoms in total. The normalized spacial score (nSPS) is 11.1. The number of nitrogens with zero attached hydrogens (tertiary/aromatic N) is 2. The first-order valence-corrected chi connectivity index (χ1v) is 6.66. The van der Waals surface area contributed by atoms with E-state index in [1.807, 2.05) is 37.5 Å². The van der Waals surface area contributed by atoms with Crippen LogP contribution in [0, 0.1) is 6.92 Å². The van der Waals surface area contributed by atoms with Gasteiger partial charge >= 0.3 is 5.97 Å². The van der Waals surface area contributed by atoms with E-state index in [-0.39, 0.29) is 0 Å². The molecule has 0 saturated heterocycles. The van der Waals surface area contributed by atoms with Gasteiger partial charge in [-0.05, 0) is 42.7 Å². The first-order chi connectivity index (χ1) is 9.61. The number of imidazole rings is 1. The Hall–Kier alpha value is -2.36. The number of carboxylic acid groups (broad SMARTS) is 1. The lowest BCUT2D eigenvalue weighted by Gasteiger charge is -2.11. The van der Waals surface area contributed by atoms with Crippen LogP contribution in [0.2, 0.25) is 0 Å². The SMILES string of the molecule is CCCc1nccn1-c1ccc(C=CC(=O)O)cc1C. The zero-order valence-electron chi connectivity index (χ0n) is 11.7. The molecular formula is C16H18N2O2. The van der Waals surface area contributed by atoms with Crippen molar-refractivity contribution < 1.29 is 9.90 Å². The number of carbonyl (C=O) groups is 1. The number of benzene rings is 1. The lowest BCUT2D eigenvalue weighted by Crippen LogP contribution is -2.02. The average Bonchev–Trinajstić information content (AvgIpc) is 2.85. The molecule has 1 N–H and O–H groups in total. The van der Waals surface area contributed by atoms with Crippen LogP contribution in [-0.4, -0.2) is 20.6 Å². The number of hydrogen-bond acceptors (Lipinski definition) is 2. The fourth-order valence-corrected chi connectivity index (χ4v) is 2.18. The molecule has 0 bridgehead atoms. The number of aliphatic carboxylic acids is 1. The van der Waals surface area contributed by atoms with Gasteiger partial charge in [0, 0.05) is 30.6 Å². The third-order valence-electron chi connectivity index (χ3n) is 3.09. The van der Waals surface area contributed by atoms with Gasteiger partial charge in [0.25, 0.3) is 0 Å². The van der Waals surface area contributed by atoms with Gasteiger partial charge in [-0.15, -0.1) is 0 Å². The van der Waals surface area contributed by atoms with Crippen LogP contribution in [-0.2, 0) is 11.2 Å². The first kappa shape index (κ1) is 14.1. The van der Waals surface area contributed by atoms with Crippen LogP contribution >= 0.6 is 0 Å². The van der Waals surface area contributed by atoms with E-state index in [0.717, 1.165) is 41.6 Å². The Morgan fingerprint density at radius 2 is 2.25 bits per heavy atom. The van der Waals surface area contributed by atoms with Crippen molar-refractivity contribution in [3.63, 3.8) is 0 Å². The summed E-state index contributed by atoms with van der Waals surface area (Å²) >= 11 is 0. The molecule has 1 aromatic heterocycles. The molecule has 2 rings (SSSR count). The molecule has 0 aliphatic carbocycles. The second kappa shape index (κ2) is 6.19. The van der Waals surface area contributed by atoms with Crippen molar-refractivity contribution in [2.24, 2.45) is 0 Å². The summed E-state index contributed by atoms with van der Waals surface area (Å²) in [5, 5.41) is 8.65. The van der Waals surface area contributed by atoms with E-state index in [2.05, 4.69) is 16.5 Å². The maximum absolute atomic E-state index is 10.5. The van der Waals surface area contributed by atoms with Crippen molar-refractivity contribution in [3.8, 4) is 5.69 Å². The van der Waals surface area contributed by atoms with E-state index in [0.29, 0.717) is 0 Å². The van der Waals surface area contributed by atoms with Gasteiger partial charge in [0.05, 0.1) is 0 Å². The molecule has 0 fully saturated rings. The van der Waals surface area contributed by atoms with Crippen LogP contribution in [0.4, 0.5) is 0 Å². The molecule has 4 heteroatoms. The summed E-state index contributed by atoms with van der Waals surface area (Å²) in [4.78, 5) is 14.9. The van der Waals surface area contributed by atoms with Gasteiger partial charge in [-0.1, -0.05) is 13.0 Å². The lowest BCUT2D eigenvalue weighted by atomic mass is 10.1. The summed E-state index contributed by atoms with van der Waals surface area (Å²) in [6.45, 7) is 4.15. The highest BCUT2D eigenvalue weighted by atomic mass is 16.4.